The predicted octanol–water partition coefficient (Wildman–Crippen LogP) is 4.80. The van der Waals surface area contributed by atoms with Gasteiger partial charge in [-0.3, -0.25) is 23.7 Å². The smallest absolute Gasteiger partial charge is 0.301 e. The van der Waals surface area contributed by atoms with E-state index >= 15 is 0 Å². The van der Waals surface area contributed by atoms with Gasteiger partial charge in [-0.25, -0.2) is 9.97 Å². The number of benzene rings is 1. The lowest BCUT2D eigenvalue weighted by molar-refractivity contribution is -0.132. The summed E-state index contributed by atoms with van der Waals surface area (Å²) in [6.07, 6.45) is 2.57. The summed E-state index contributed by atoms with van der Waals surface area (Å²) in [4.78, 5) is 49.7. The number of carbonyl (C=O) groups excluding carboxylic acids is 3. The number of pyridine rings is 1. The van der Waals surface area contributed by atoms with Crippen molar-refractivity contribution in [2.45, 2.75) is 40.2 Å². The van der Waals surface area contributed by atoms with Crippen LogP contribution in [0.2, 0.25) is 0 Å². The number of thiazole rings is 1. The van der Waals surface area contributed by atoms with Crippen molar-refractivity contribution >= 4 is 45.3 Å². The van der Waals surface area contributed by atoms with E-state index in [0.717, 1.165) is 23.3 Å². The zero-order chi connectivity index (χ0) is 25.7. The monoisotopic (exact) mass is 500 g/mol. The lowest BCUT2D eigenvalue weighted by Gasteiger charge is -2.23. The first-order valence-corrected chi connectivity index (χ1v) is 12.4. The van der Waals surface area contributed by atoms with Crippen LogP contribution in [0.5, 0.6) is 0 Å². The Labute approximate surface area is 211 Å². The van der Waals surface area contributed by atoms with Gasteiger partial charge in [-0.2, -0.15) is 0 Å². The summed E-state index contributed by atoms with van der Waals surface area (Å²) in [5.74, 6) is -2.11. The van der Waals surface area contributed by atoms with E-state index in [1.807, 2.05) is 37.3 Å². The molecule has 1 amide bonds. The fourth-order valence-electron chi connectivity index (χ4n) is 4.62. The molecule has 8 nitrogen and oxygen atoms in total. The number of aliphatic hydroxyl groups excluding tert-OH is 1. The topological polar surface area (TPSA) is 105 Å². The molecule has 0 aliphatic carbocycles. The fourth-order valence-corrected chi connectivity index (χ4v) is 5.61. The molecule has 4 heterocycles. The van der Waals surface area contributed by atoms with Crippen LogP contribution in [0.25, 0.3) is 11.4 Å². The third-order valence-electron chi connectivity index (χ3n) is 6.39. The van der Waals surface area contributed by atoms with Gasteiger partial charge < -0.3 is 5.11 Å². The highest BCUT2D eigenvalue weighted by molar-refractivity contribution is 7.18. The number of Topliss-reactive ketones (excluding diaryl/α,β-unsaturated/α-hetero) is 2. The van der Waals surface area contributed by atoms with Crippen LogP contribution in [-0.4, -0.2) is 36.9 Å². The molecule has 1 unspecified atom stereocenters. The number of rotatable bonds is 5. The molecule has 1 fully saturated rings. The summed E-state index contributed by atoms with van der Waals surface area (Å²) in [5, 5.41) is 11.8. The van der Waals surface area contributed by atoms with Gasteiger partial charge in [-0.1, -0.05) is 48.6 Å². The van der Waals surface area contributed by atoms with Crippen molar-refractivity contribution in [2.75, 3.05) is 4.90 Å². The standard InChI is InChI=1S/C27H24N4O4S/c1-5-17-9-11-18(12-10-17)22-20(23(33)21-14(2)28-19-8-6-7-13-30(19)21)24(34)26(35)31(22)27-29-15(3)25(36-27)16(4)32/h6-13,22,33H,5H2,1-4H3/b23-20+. The minimum atomic E-state index is -0.921. The highest BCUT2D eigenvalue weighted by Gasteiger charge is 2.48. The average molecular weight is 501 g/mol. The number of nitrogens with zero attached hydrogens (tertiary/aromatic N) is 4. The maximum Gasteiger partial charge on any atom is 0.301 e. The molecule has 1 saturated heterocycles. The van der Waals surface area contributed by atoms with Crippen molar-refractivity contribution < 1.29 is 19.5 Å². The SMILES string of the molecule is CCc1ccc(C2/C(=C(\O)c3c(C)nc4ccccn34)C(=O)C(=O)N2c2nc(C)c(C(C)=O)s2)cc1. The van der Waals surface area contributed by atoms with Gasteiger partial charge in [-0.05, 0) is 43.5 Å². The number of amides is 1. The third kappa shape index (κ3) is 3.63. The number of carbonyl (C=O) groups is 3. The van der Waals surface area contributed by atoms with E-state index in [4.69, 9.17) is 0 Å². The second-order valence-corrected chi connectivity index (χ2v) is 9.68. The van der Waals surface area contributed by atoms with E-state index in [2.05, 4.69) is 9.97 Å². The Balaban J connectivity index is 1.77. The van der Waals surface area contributed by atoms with Crippen molar-refractivity contribution in [3.63, 3.8) is 0 Å². The van der Waals surface area contributed by atoms with Crippen LogP contribution in [0.1, 0.15) is 57.8 Å². The van der Waals surface area contributed by atoms with Crippen LogP contribution in [-0.2, 0) is 16.0 Å². The molecule has 36 heavy (non-hydrogen) atoms. The third-order valence-corrected chi connectivity index (χ3v) is 7.65. The first-order valence-electron chi connectivity index (χ1n) is 11.5. The molecule has 0 saturated carbocycles. The number of aromatic nitrogens is 3. The molecular formula is C27H24N4O4S. The molecule has 4 aromatic rings. The zero-order valence-electron chi connectivity index (χ0n) is 20.3. The summed E-state index contributed by atoms with van der Waals surface area (Å²) >= 11 is 1.06. The second kappa shape index (κ2) is 8.83. The van der Waals surface area contributed by atoms with Crippen LogP contribution < -0.4 is 4.90 Å². The lowest BCUT2D eigenvalue weighted by Crippen LogP contribution is -2.29. The number of hydrogen-bond donors (Lipinski definition) is 1. The number of aryl methyl sites for hydroxylation is 3. The average Bonchev–Trinajstić information content (AvgIpc) is 3.49. The zero-order valence-corrected chi connectivity index (χ0v) is 21.1. The summed E-state index contributed by atoms with van der Waals surface area (Å²) in [5.41, 5.74) is 3.66. The number of anilines is 1. The van der Waals surface area contributed by atoms with Crippen molar-refractivity contribution in [1.29, 1.82) is 0 Å². The second-order valence-electron chi connectivity index (χ2n) is 8.71. The number of hydrogen-bond acceptors (Lipinski definition) is 7. The Hall–Kier alpha value is -4.11. The summed E-state index contributed by atoms with van der Waals surface area (Å²) in [6, 6.07) is 12.1. The number of fused-ring (bicyclic) bond motifs is 1. The van der Waals surface area contributed by atoms with Gasteiger partial charge in [0.05, 0.1) is 27.9 Å². The Kier molecular flexibility index (Phi) is 5.80. The molecule has 1 aromatic carbocycles. The van der Waals surface area contributed by atoms with Crippen LogP contribution in [0, 0.1) is 13.8 Å². The molecule has 0 bridgehead atoms. The highest BCUT2D eigenvalue weighted by atomic mass is 32.1. The molecule has 1 N–H and O–H groups in total. The van der Waals surface area contributed by atoms with Crippen LogP contribution in [0.4, 0.5) is 5.13 Å². The largest absolute Gasteiger partial charge is 0.505 e. The van der Waals surface area contributed by atoms with E-state index in [1.165, 1.54) is 11.8 Å². The summed E-state index contributed by atoms with van der Waals surface area (Å²) in [7, 11) is 0. The van der Waals surface area contributed by atoms with E-state index in [9.17, 15) is 19.5 Å². The van der Waals surface area contributed by atoms with Gasteiger partial charge in [0, 0.05) is 13.1 Å². The maximum atomic E-state index is 13.5. The molecule has 1 atom stereocenters. The first kappa shape index (κ1) is 23.6. The summed E-state index contributed by atoms with van der Waals surface area (Å²) in [6.45, 7) is 6.91. The molecule has 0 radical (unpaired) electrons. The predicted molar refractivity (Wildman–Crippen MR) is 137 cm³/mol. The molecule has 0 spiro atoms. The quantitative estimate of drug-likeness (QED) is 0.183. The highest BCUT2D eigenvalue weighted by Crippen LogP contribution is 2.44. The normalized spacial score (nSPS) is 17.3. The van der Waals surface area contributed by atoms with Gasteiger partial charge in [0.1, 0.15) is 11.3 Å². The molecule has 3 aromatic heterocycles. The Bertz CT molecular complexity index is 1580. The molecule has 182 valence electrons. The van der Waals surface area contributed by atoms with E-state index in [-0.39, 0.29) is 22.2 Å². The van der Waals surface area contributed by atoms with E-state index in [1.54, 1.807) is 36.6 Å². The molecule has 1 aliphatic rings. The number of imidazole rings is 1. The molecule has 9 heteroatoms. The van der Waals surface area contributed by atoms with Gasteiger partial charge in [-0.15, -0.1) is 0 Å². The Morgan fingerprint density at radius 2 is 1.78 bits per heavy atom. The van der Waals surface area contributed by atoms with E-state index < -0.39 is 17.7 Å². The number of ketones is 2. The van der Waals surface area contributed by atoms with Crippen molar-refractivity contribution in [1.82, 2.24) is 14.4 Å². The van der Waals surface area contributed by atoms with Crippen molar-refractivity contribution in [2.24, 2.45) is 0 Å². The lowest BCUT2D eigenvalue weighted by atomic mass is 9.95. The van der Waals surface area contributed by atoms with Crippen LogP contribution in [0.3, 0.4) is 0 Å². The van der Waals surface area contributed by atoms with Crippen LogP contribution >= 0.6 is 11.3 Å². The first-order chi connectivity index (χ1) is 17.2. The molecular weight excluding hydrogens is 476 g/mol. The van der Waals surface area contributed by atoms with E-state index in [0.29, 0.717) is 33.2 Å². The number of aliphatic hydroxyl groups is 1. The minimum Gasteiger partial charge on any atom is -0.505 e. The molecule has 5 rings (SSSR count). The minimum absolute atomic E-state index is 0.0461. The fraction of sp³-hybridized carbons (Fsp3) is 0.222. The maximum absolute atomic E-state index is 13.5. The van der Waals surface area contributed by atoms with Crippen LogP contribution in [0.15, 0.2) is 54.2 Å². The molecule has 1 aliphatic heterocycles. The summed E-state index contributed by atoms with van der Waals surface area (Å²) < 4.78 is 1.69. The Morgan fingerprint density at radius 3 is 2.42 bits per heavy atom. The van der Waals surface area contributed by atoms with Crippen molar-refractivity contribution in [3.8, 4) is 0 Å². The Morgan fingerprint density at radius 1 is 1.06 bits per heavy atom. The van der Waals surface area contributed by atoms with Gasteiger partial charge in [0.2, 0.25) is 0 Å². The van der Waals surface area contributed by atoms with Gasteiger partial charge >= 0.3 is 5.91 Å². The van der Waals surface area contributed by atoms with Gasteiger partial charge in [0.15, 0.2) is 16.7 Å². The van der Waals surface area contributed by atoms with Crippen molar-refractivity contribution in [3.05, 3.63) is 87.3 Å². The van der Waals surface area contributed by atoms with Gasteiger partial charge in [0.25, 0.3) is 5.78 Å².